The second-order valence-electron chi connectivity index (χ2n) is 5.82. The minimum atomic E-state index is 0.130. The summed E-state index contributed by atoms with van der Waals surface area (Å²) in [7, 11) is 0. The molecule has 4 N–H and O–H groups in total. The summed E-state index contributed by atoms with van der Waals surface area (Å²) in [5.41, 5.74) is 5.40. The van der Waals surface area contributed by atoms with Crippen molar-refractivity contribution in [2.45, 2.75) is 77.6 Å². The molecular formula is C17H35N3O2. The summed E-state index contributed by atoms with van der Waals surface area (Å²) < 4.78 is 0. The van der Waals surface area contributed by atoms with E-state index in [2.05, 4.69) is 17.6 Å². The Morgan fingerprint density at radius 2 is 1.23 bits per heavy atom. The predicted molar refractivity (Wildman–Crippen MR) is 91.5 cm³/mol. The first-order chi connectivity index (χ1) is 10.7. The van der Waals surface area contributed by atoms with Crippen LogP contribution in [0, 0.1) is 0 Å². The molecule has 0 atom stereocenters. The number of nitrogens with one attached hydrogen (secondary N) is 2. The topological polar surface area (TPSA) is 84.2 Å². The summed E-state index contributed by atoms with van der Waals surface area (Å²) in [6, 6.07) is 0. The van der Waals surface area contributed by atoms with Crippen LogP contribution in [0.3, 0.4) is 0 Å². The molecule has 0 aromatic carbocycles. The van der Waals surface area contributed by atoms with E-state index in [-0.39, 0.29) is 11.8 Å². The van der Waals surface area contributed by atoms with Gasteiger partial charge in [0, 0.05) is 25.9 Å². The van der Waals surface area contributed by atoms with Crippen LogP contribution >= 0.6 is 0 Å². The molecule has 0 saturated heterocycles. The zero-order valence-electron chi connectivity index (χ0n) is 14.3. The lowest BCUT2D eigenvalue weighted by Crippen LogP contribution is -2.25. The summed E-state index contributed by atoms with van der Waals surface area (Å²) in [5.74, 6) is 0.283. The maximum atomic E-state index is 11.5. The van der Waals surface area contributed by atoms with E-state index >= 15 is 0 Å². The zero-order chi connectivity index (χ0) is 16.5. The first-order valence-electron chi connectivity index (χ1n) is 8.94. The molecular weight excluding hydrogens is 278 g/mol. The Kier molecular flexibility index (Phi) is 15.5. The Balaban J connectivity index is 3.28. The molecule has 0 fully saturated rings. The number of hydrogen-bond acceptors (Lipinski definition) is 3. The third-order valence-electron chi connectivity index (χ3n) is 3.61. The largest absolute Gasteiger partial charge is 0.356 e. The fourth-order valence-corrected chi connectivity index (χ4v) is 2.20. The zero-order valence-corrected chi connectivity index (χ0v) is 14.3. The van der Waals surface area contributed by atoms with Gasteiger partial charge in [-0.1, -0.05) is 32.6 Å². The van der Waals surface area contributed by atoms with Crippen molar-refractivity contribution in [2.24, 2.45) is 5.73 Å². The van der Waals surface area contributed by atoms with Gasteiger partial charge in [0.2, 0.25) is 11.8 Å². The fraction of sp³-hybridized carbons (Fsp3) is 0.882. The normalized spacial score (nSPS) is 10.5. The molecule has 0 heterocycles. The Morgan fingerprint density at radius 3 is 1.73 bits per heavy atom. The summed E-state index contributed by atoms with van der Waals surface area (Å²) >= 11 is 0. The van der Waals surface area contributed by atoms with Crippen LogP contribution in [0.4, 0.5) is 0 Å². The molecule has 0 aliphatic heterocycles. The van der Waals surface area contributed by atoms with E-state index < -0.39 is 0 Å². The number of amides is 2. The van der Waals surface area contributed by atoms with Gasteiger partial charge in [-0.2, -0.15) is 0 Å². The third kappa shape index (κ3) is 15.3. The molecule has 0 rings (SSSR count). The van der Waals surface area contributed by atoms with Gasteiger partial charge >= 0.3 is 0 Å². The standard InChI is InChI=1S/C17H35N3O2/c1-2-3-9-14-19-17(22)12-7-5-10-15-20-16(21)11-6-4-8-13-18/h2-15,18H2,1H3,(H,19,22)(H,20,21). The van der Waals surface area contributed by atoms with Gasteiger partial charge in [-0.05, 0) is 38.6 Å². The maximum Gasteiger partial charge on any atom is 0.219 e. The lowest BCUT2D eigenvalue weighted by Gasteiger charge is -2.06. The van der Waals surface area contributed by atoms with E-state index in [1.807, 2.05) is 0 Å². The van der Waals surface area contributed by atoms with Crippen molar-refractivity contribution in [2.75, 3.05) is 19.6 Å². The quantitative estimate of drug-likeness (QED) is 0.406. The van der Waals surface area contributed by atoms with Crippen molar-refractivity contribution in [3.8, 4) is 0 Å². The Labute approximate surface area is 135 Å². The van der Waals surface area contributed by atoms with Gasteiger partial charge in [0.05, 0.1) is 0 Å². The molecule has 0 bridgehead atoms. The van der Waals surface area contributed by atoms with Crippen LogP contribution < -0.4 is 16.4 Å². The number of rotatable bonds is 15. The van der Waals surface area contributed by atoms with Crippen molar-refractivity contribution in [3.05, 3.63) is 0 Å². The first-order valence-corrected chi connectivity index (χ1v) is 8.94. The molecule has 0 radical (unpaired) electrons. The highest BCUT2D eigenvalue weighted by molar-refractivity contribution is 5.76. The monoisotopic (exact) mass is 313 g/mol. The molecule has 5 nitrogen and oxygen atoms in total. The van der Waals surface area contributed by atoms with Crippen LogP contribution in [0.5, 0.6) is 0 Å². The molecule has 0 aromatic rings. The lowest BCUT2D eigenvalue weighted by molar-refractivity contribution is -0.122. The van der Waals surface area contributed by atoms with Gasteiger partial charge in [-0.3, -0.25) is 9.59 Å². The van der Waals surface area contributed by atoms with E-state index in [0.717, 1.165) is 51.5 Å². The van der Waals surface area contributed by atoms with Crippen LogP contribution in [-0.2, 0) is 9.59 Å². The fourth-order valence-electron chi connectivity index (χ4n) is 2.20. The minimum Gasteiger partial charge on any atom is -0.356 e. The third-order valence-corrected chi connectivity index (χ3v) is 3.61. The van der Waals surface area contributed by atoms with Crippen molar-refractivity contribution < 1.29 is 9.59 Å². The molecule has 0 unspecified atom stereocenters. The van der Waals surface area contributed by atoms with Crippen molar-refractivity contribution >= 4 is 11.8 Å². The van der Waals surface area contributed by atoms with Crippen molar-refractivity contribution in [1.29, 1.82) is 0 Å². The van der Waals surface area contributed by atoms with Gasteiger partial charge in [-0.15, -0.1) is 0 Å². The molecule has 0 aromatic heterocycles. The number of hydrogen-bond donors (Lipinski definition) is 3. The number of nitrogens with two attached hydrogens (primary N) is 1. The minimum absolute atomic E-state index is 0.130. The molecule has 22 heavy (non-hydrogen) atoms. The molecule has 0 aliphatic carbocycles. The Hall–Kier alpha value is -1.10. The summed E-state index contributed by atoms with van der Waals surface area (Å²) in [6.45, 7) is 4.37. The van der Waals surface area contributed by atoms with Gasteiger partial charge in [0.25, 0.3) is 0 Å². The van der Waals surface area contributed by atoms with E-state index in [1.54, 1.807) is 0 Å². The Bertz CT molecular complexity index is 255. The average Bonchev–Trinajstić information content (AvgIpc) is 2.51. The van der Waals surface area contributed by atoms with Gasteiger partial charge in [0.1, 0.15) is 0 Å². The maximum absolute atomic E-state index is 11.5. The van der Waals surface area contributed by atoms with Gasteiger partial charge in [-0.25, -0.2) is 0 Å². The second-order valence-corrected chi connectivity index (χ2v) is 5.82. The lowest BCUT2D eigenvalue weighted by atomic mass is 10.1. The second kappa shape index (κ2) is 16.3. The van der Waals surface area contributed by atoms with Crippen LogP contribution in [-0.4, -0.2) is 31.4 Å². The van der Waals surface area contributed by atoms with Gasteiger partial charge in [0.15, 0.2) is 0 Å². The number of carbonyl (C=O) groups excluding carboxylic acids is 2. The molecule has 0 aliphatic rings. The van der Waals surface area contributed by atoms with Gasteiger partial charge < -0.3 is 16.4 Å². The van der Waals surface area contributed by atoms with Crippen molar-refractivity contribution in [1.82, 2.24) is 10.6 Å². The Morgan fingerprint density at radius 1 is 0.727 bits per heavy atom. The molecule has 0 saturated carbocycles. The van der Waals surface area contributed by atoms with Crippen molar-refractivity contribution in [3.63, 3.8) is 0 Å². The summed E-state index contributed by atoms with van der Waals surface area (Å²) in [4.78, 5) is 23.0. The number of unbranched alkanes of at least 4 members (excludes halogenated alkanes) is 6. The van der Waals surface area contributed by atoms with E-state index in [1.165, 1.54) is 12.8 Å². The van der Waals surface area contributed by atoms with Crippen LogP contribution in [0.2, 0.25) is 0 Å². The highest BCUT2D eigenvalue weighted by atomic mass is 16.2. The van der Waals surface area contributed by atoms with E-state index in [4.69, 9.17) is 5.73 Å². The van der Waals surface area contributed by atoms with Crippen LogP contribution in [0.15, 0.2) is 0 Å². The first kappa shape index (κ1) is 20.9. The molecule has 0 spiro atoms. The smallest absolute Gasteiger partial charge is 0.219 e. The highest BCUT2D eigenvalue weighted by Crippen LogP contribution is 2.01. The van der Waals surface area contributed by atoms with E-state index in [9.17, 15) is 9.59 Å². The predicted octanol–water partition coefficient (Wildman–Crippen LogP) is 2.49. The number of carbonyl (C=O) groups is 2. The average molecular weight is 313 g/mol. The molecule has 2 amide bonds. The highest BCUT2D eigenvalue weighted by Gasteiger charge is 2.02. The SMILES string of the molecule is CCCCCNC(=O)CCCCCNC(=O)CCCCCN. The van der Waals surface area contributed by atoms with E-state index in [0.29, 0.717) is 25.9 Å². The van der Waals surface area contributed by atoms with Crippen LogP contribution in [0.25, 0.3) is 0 Å². The molecule has 5 heteroatoms. The molecule has 130 valence electrons. The summed E-state index contributed by atoms with van der Waals surface area (Å²) in [5, 5.41) is 5.87. The summed E-state index contributed by atoms with van der Waals surface area (Å²) in [6.07, 6.45) is 10.4. The van der Waals surface area contributed by atoms with Crippen LogP contribution in [0.1, 0.15) is 77.6 Å².